The zero-order valence-electron chi connectivity index (χ0n) is 12.0. The first-order valence-electron chi connectivity index (χ1n) is 6.94. The number of aliphatic carboxylic acids is 1. The molecule has 0 spiro atoms. The Hall–Kier alpha value is -2.77. The second kappa shape index (κ2) is 5.55. The van der Waals surface area contributed by atoms with Crippen LogP contribution in [0.2, 0.25) is 0 Å². The molecular weight excluding hydrogens is 286 g/mol. The van der Waals surface area contributed by atoms with Crippen molar-refractivity contribution in [2.75, 3.05) is 0 Å². The van der Waals surface area contributed by atoms with Gasteiger partial charge in [-0.25, -0.2) is 19.4 Å². The number of carbonyl (C=O) groups excluding carboxylic acids is 1. The Balaban J connectivity index is 1.83. The van der Waals surface area contributed by atoms with Crippen LogP contribution >= 0.6 is 0 Å². The molecule has 0 aliphatic heterocycles. The summed E-state index contributed by atoms with van der Waals surface area (Å²) in [6, 6.07) is 2.43. The molecule has 8 nitrogen and oxygen atoms in total. The normalized spacial score (nSPS) is 15.3. The number of carboxylic acids is 1. The summed E-state index contributed by atoms with van der Waals surface area (Å²) >= 11 is 0. The molecule has 22 heavy (non-hydrogen) atoms. The number of nitrogens with zero attached hydrogens (tertiary/aromatic N) is 5. The second-order valence-electron chi connectivity index (χ2n) is 5.20. The van der Waals surface area contributed by atoms with Crippen molar-refractivity contribution in [3.8, 4) is 5.82 Å². The molecule has 2 heterocycles. The van der Waals surface area contributed by atoms with Gasteiger partial charge in [0.15, 0.2) is 5.82 Å². The van der Waals surface area contributed by atoms with Crippen LogP contribution < -0.4 is 0 Å². The Morgan fingerprint density at radius 3 is 2.68 bits per heavy atom. The summed E-state index contributed by atoms with van der Waals surface area (Å²) in [5.41, 5.74) is 0.365. The van der Waals surface area contributed by atoms with E-state index >= 15 is 0 Å². The Morgan fingerprint density at radius 1 is 1.41 bits per heavy atom. The van der Waals surface area contributed by atoms with Gasteiger partial charge in [-0.05, 0) is 31.9 Å². The van der Waals surface area contributed by atoms with Gasteiger partial charge in [0.2, 0.25) is 0 Å². The number of rotatable bonds is 5. The number of aromatic nitrogens is 4. The third kappa shape index (κ3) is 2.67. The average Bonchev–Trinajstić information content (AvgIpc) is 3.19. The SMILES string of the molecule is C[C@@H](C(=O)O)N(C(=O)c1ccc(-n2cncn2)nc1)C1CC1. The quantitative estimate of drug-likeness (QED) is 0.874. The summed E-state index contributed by atoms with van der Waals surface area (Å²) in [5.74, 6) is -0.777. The van der Waals surface area contributed by atoms with E-state index in [4.69, 9.17) is 5.11 Å². The Bertz CT molecular complexity index is 679. The third-order valence-electron chi connectivity index (χ3n) is 3.60. The van der Waals surface area contributed by atoms with Crippen LogP contribution in [0.25, 0.3) is 5.82 Å². The highest BCUT2D eigenvalue weighted by Crippen LogP contribution is 2.30. The fraction of sp³-hybridized carbons (Fsp3) is 0.357. The van der Waals surface area contributed by atoms with E-state index in [0.29, 0.717) is 11.4 Å². The van der Waals surface area contributed by atoms with Gasteiger partial charge in [-0.15, -0.1) is 0 Å². The first-order valence-corrected chi connectivity index (χ1v) is 6.94. The molecule has 1 fully saturated rings. The van der Waals surface area contributed by atoms with Gasteiger partial charge in [0.05, 0.1) is 5.56 Å². The lowest BCUT2D eigenvalue weighted by atomic mass is 10.2. The minimum atomic E-state index is -1.01. The molecule has 1 aliphatic carbocycles. The number of hydrogen-bond donors (Lipinski definition) is 1. The summed E-state index contributed by atoms with van der Waals surface area (Å²) < 4.78 is 1.48. The predicted molar refractivity (Wildman–Crippen MR) is 75.4 cm³/mol. The van der Waals surface area contributed by atoms with Crippen LogP contribution in [0, 0.1) is 0 Å². The van der Waals surface area contributed by atoms with Crippen molar-refractivity contribution in [1.82, 2.24) is 24.6 Å². The lowest BCUT2D eigenvalue weighted by Crippen LogP contribution is -2.44. The van der Waals surface area contributed by atoms with Gasteiger partial charge >= 0.3 is 5.97 Å². The highest BCUT2D eigenvalue weighted by Gasteiger charge is 2.38. The van der Waals surface area contributed by atoms with E-state index in [1.807, 2.05) is 0 Å². The Kier molecular flexibility index (Phi) is 3.58. The summed E-state index contributed by atoms with van der Waals surface area (Å²) in [6.07, 6.45) is 6.02. The van der Waals surface area contributed by atoms with E-state index in [1.165, 1.54) is 35.4 Å². The molecule has 0 aromatic carbocycles. The average molecular weight is 301 g/mol. The molecule has 1 N–H and O–H groups in total. The Morgan fingerprint density at radius 2 is 2.18 bits per heavy atom. The lowest BCUT2D eigenvalue weighted by molar-refractivity contribution is -0.141. The standard InChI is InChI=1S/C14H15N5O3/c1-9(14(21)22)19(11-3-4-11)13(20)10-2-5-12(16-6-10)18-8-15-7-17-18/h2,5-9,11H,3-4H2,1H3,(H,21,22)/t9-/m0/s1. The summed E-state index contributed by atoms with van der Waals surface area (Å²) in [7, 11) is 0. The zero-order valence-corrected chi connectivity index (χ0v) is 12.0. The first kappa shape index (κ1) is 14.2. The van der Waals surface area contributed by atoms with Crippen molar-refractivity contribution in [3.63, 3.8) is 0 Å². The second-order valence-corrected chi connectivity index (χ2v) is 5.20. The largest absolute Gasteiger partial charge is 0.480 e. The van der Waals surface area contributed by atoms with Gasteiger partial charge in [-0.1, -0.05) is 0 Å². The van der Waals surface area contributed by atoms with Crippen LogP contribution in [0.15, 0.2) is 31.0 Å². The molecule has 8 heteroatoms. The maximum Gasteiger partial charge on any atom is 0.326 e. The highest BCUT2D eigenvalue weighted by molar-refractivity contribution is 5.96. The minimum Gasteiger partial charge on any atom is -0.480 e. The Labute approximate surface area is 126 Å². The summed E-state index contributed by atoms with van der Waals surface area (Å²) in [6.45, 7) is 1.52. The lowest BCUT2D eigenvalue weighted by Gasteiger charge is -2.26. The molecule has 0 radical (unpaired) electrons. The smallest absolute Gasteiger partial charge is 0.326 e. The molecule has 2 aromatic rings. The van der Waals surface area contributed by atoms with E-state index in [1.54, 1.807) is 12.1 Å². The number of pyridine rings is 1. The number of amides is 1. The molecule has 2 aromatic heterocycles. The third-order valence-corrected chi connectivity index (χ3v) is 3.60. The van der Waals surface area contributed by atoms with Crippen LogP contribution in [0.3, 0.4) is 0 Å². The van der Waals surface area contributed by atoms with E-state index in [2.05, 4.69) is 15.1 Å². The molecule has 1 amide bonds. The van der Waals surface area contributed by atoms with E-state index < -0.39 is 12.0 Å². The van der Waals surface area contributed by atoms with E-state index in [9.17, 15) is 9.59 Å². The van der Waals surface area contributed by atoms with Crippen LogP contribution in [0.5, 0.6) is 0 Å². The predicted octanol–water partition coefficient (Wildman–Crippen LogP) is 0.740. The fourth-order valence-electron chi connectivity index (χ4n) is 2.25. The zero-order chi connectivity index (χ0) is 15.7. The van der Waals surface area contributed by atoms with Crippen LogP contribution in [0.4, 0.5) is 0 Å². The van der Waals surface area contributed by atoms with Gasteiger partial charge in [0, 0.05) is 12.2 Å². The van der Waals surface area contributed by atoms with Gasteiger partial charge in [-0.3, -0.25) is 4.79 Å². The summed E-state index contributed by atoms with van der Waals surface area (Å²) in [5, 5.41) is 13.1. The van der Waals surface area contributed by atoms with Crippen molar-refractivity contribution >= 4 is 11.9 Å². The summed E-state index contributed by atoms with van der Waals surface area (Å²) in [4.78, 5) is 33.2. The van der Waals surface area contributed by atoms with Crippen molar-refractivity contribution in [3.05, 3.63) is 36.5 Å². The van der Waals surface area contributed by atoms with Crippen LogP contribution in [-0.4, -0.2) is 53.7 Å². The van der Waals surface area contributed by atoms with Crippen LogP contribution in [-0.2, 0) is 4.79 Å². The maximum atomic E-state index is 12.6. The van der Waals surface area contributed by atoms with Gasteiger partial charge in [-0.2, -0.15) is 5.10 Å². The van der Waals surface area contributed by atoms with E-state index in [-0.39, 0.29) is 11.9 Å². The van der Waals surface area contributed by atoms with Crippen molar-refractivity contribution in [2.45, 2.75) is 31.8 Å². The molecule has 3 rings (SSSR count). The maximum absolute atomic E-state index is 12.6. The van der Waals surface area contributed by atoms with Gasteiger partial charge in [0.25, 0.3) is 5.91 Å². The number of hydrogen-bond acceptors (Lipinski definition) is 5. The molecule has 1 aliphatic rings. The molecule has 1 atom stereocenters. The molecule has 114 valence electrons. The highest BCUT2D eigenvalue weighted by atomic mass is 16.4. The van der Waals surface area contributed by atoms with Crippen molar-refractivity contribution in [2.24, 2.45) is 0 Å². The topological polar surface area (TPSA) is 101 Å². The number of carboxylic acid groups (broad SMARTS) is 1. The van der Waals surface area contributed by atoms with E-state index in [0.717, 1.165) is 12.8 Å². The molecular formula is C14H15N5O3. The monoisotopic (exact) mass is 301 g/mol. The first-order chi connectivity index (χ1) is 10.6. The van der Waals surface area contributed by atoms with Crippen LogP contribution in [0.1, 0.15) is 30.1 Å². The molecule has 0 saturated heterocycles. The fourth-order valence-corrected chi connectivity index (χ4v) is 2.25. The minimum absolute atomic E-state index is 0.00796. The molecule has 1 saturated carbocycles. The van der Waals surface area contributed by atoms with Crippen molar-refractivity contribution < 1.29 is 14.7 Å². The molecule has 0 unspecified atom stereocenters. The molecule has 0 bridgehead atoms. The number of carbonyl (C=O) groups is 2. The van der Waals surface area contributed by atoms with Gasteiger partial charge < -0.3 is 10.0 Å². The van der Waals surface area contributed by atoms with Gasteiger partial charge in [0.1, 0.15) is 18.7 Å². The van der Waals surface area contributed by atoms with Crippen molar-refractivity contribution in [1.29, 1.82) is 0 Å².